The summed E-state index contributed by atoms with van der Waals surface area (Å²) in [5.41, 5.74) is 6.90. The zero-order valence-electron chi connectivity index (χ0n) is 10.2. The molecule has 0 aromatic heterocycles. The number of nitrogen functional groups attached to an aromatic ring is 1. The highest BCUT2D eigenvalue weighted by Gasteiger charge is 2.14. The molecule has 0 aliphatic carbocycles. The summed E-state index contributed by atoms with van der Waals surface area (Å²) < 4.78 is 26.0. The predicted molar refractivity (Wildman–Crippen MR) is 69.9 cm³/mol. The van der Waals surface area contributed by atoms with Gasteiger partial charge in [0.15, 0.2) is 11.6 Å². The number of hydrogen-bond donors (Lipinski definition) is 2. The maximum Gasteiger partial charge on any atom is 0.257 e. The molecule has 98 valence electrons. The number of nitrogens with one attached hydrogen (secondary N) is 1. The normalized spacial score (nSPS) is 10.3. The van der Waals surface area contributed by atoms with Gasteiger partial charge in [0.05, 0.1) is 5.56 Å². The lowest BCUT2D eigenvalue weighted by atomic mass is 10.1. The Kier molecular flexibility index (Phi) is 3.46. The first-order chi connectivity index (χ1) is 8.97. The van der Waals surface area contributed by atoms with E-state index in [1.165, 1.54) is 0 Å². The highest BCUT2D eigenvalue weighted by Crippen LogP contribution is 2.19. The Bertz CT molecular complexity index is 624. The Hall–Kier alpha value is -2.43. The fourth-order valence-corrected chi connectivity index (χ4v) is 1.59. The minimum absolute atomic E-state index is 0.0977. The van der Waals surface area contributed by atoms with E-state index < -0.39 is 17.5 Å². The zero-order valence-corrected chi connectivity index (χ0v) is 10.2. The largest absolute Gasteiger partial charge is 0.398 e. The van der Waals surface area contributed by atoms with Crippen LogP contribution in [0.1, 0.15) is 15.9 Å². The van der Waals surface area contributed by atoms with Crippen LogP contribution in [-0.4, -0.2) is 5.91 Å². The van der Waals surface area contributed by atoms with Gasteiger partial charge in [0.1, 0.15) is 0 Å². The summed E-state index contributed by atoms with van der Waals surface area (Å²) >= 11 is 0. The van der Waals surface area contributed by atoms with Gasteiger partial charge in [0.25, 0.3) is 5.91 Å². The summed E-state index contributed by atoms with van der Waals surface area (Å²) in [7, 11) is 0. The summed E-state index contributed by atoms with van der Waals surface area (Å²) in [4.78, 5) is 11.9. The fourth-order valence-electron chi connectivity index (χ4n) is 1.59. The summed E-state index contributed by atoms with van der Waals surface area (Å²) in [5.74, 6) is -2.77. The molecule has 0 aliphatic rings. The number of nitrogens with two attached hydrogens (primary N) is 1. The highest BCUT2D eigenvalue weighted by atomic mass is 19.2. The molecule has 0 saturated carbocycles. The molecule has 0 spiro atoms. The molecule has 2 rings (SSSR count). The van der Waals surface area contributed by atoms with Crippen LogP contribution >= 0.6 is 0 Å². The van der Waals surface area contributed by atoms with Crippen LogP contribution in [0.25, 0.3) is 0 Å². The molecule has 0 saturated heterocycles. The molecule has 0 aliphatic heterocycles. The molecule has 0 bridgehead atoms. The number of carbonyl (C=O) groups excluding carboxylic acids is 1. The van der Waals surface area contributed by atoms with Gasteiger partial charge in [0.2, 0.25) is 0 Å². The number of halogens is 2. The van der Waals surface area contributed by atoms with Gasteiger partial charge in [-0.25, -0.2) is 8.78 Å². The second-order valence-electron chi connectivity index (χ2n) is 4.17. The van der Waals surface area contributed by atoms with E-state index in [2.05, 4.69) is 5.32 Å². The van der Waals surface area contributed by atoms with E-state index in [9.17, 15) is 13.6 Å². The van der Waals surface area contributed by atoms with Crippen molar-refractivity contribution in [2.45, 2.75) is 6.92 Å². The van der Waals surface area contributed by atoms with Crippen LogP contribution in [0.3, 0.4) is 0 Å². The minimum Gasteiger partial charge on any atom is -0.398 e. The van der Waals surface area contributed by atoms with Crippen LogP contribution < -0.4 is 11.1 Å². The molecule has 2 aromatic rings. The lowest BCUT2D eigenvalue weighted by molar-refractivity contribution is 0.102. The average molecular weight is 262 g/mol. The molecule has 3 nitrogen and oxygen atoms in total. The van der Waals surface area contributed by atoms with Crippen LogP contribution in [0, 0.1) is 18.6 Å². The fraction of sp³-hybridized carbons (Fsp3) is 0.0714. The first kappa shape index (κ1) is 13.0. The summed E-state index contributed by atoms with van der Waals surface area (Å²) in [6, 6.07) is 8.65. The standard InChI is InChI=1S/C14H12F2N2O/c1-8-2-4-9(5-3-8)18-14(19)10-6-11(15)12(16)7-13(10)17/h2-7H,17H2,1H3,(H,18,19). The number of benzene rings is 2. The van der Waals surface area contributed by atoms with Gasteiger partial charge in [-0.2, -0.15) is 0 Å². The van der Waals surface area contributed by atoms with Gasteiger partial charge >= 0.3 is 0 Å². The van der Waals surface area contributed by atoms with Crippen molar-refractivity contribution >= 4 is 17.3 Å². The van der Waals surface area contributed by atoms with Crippen molar-refractivity contribution in [3.8, 4) is 0 Å². The molecule has 19 heavy (non-hydrogen) atoms. The molecule has 0 unspecified atom stereocenters. The Morgan fingerprint density at radius 3 is 2.32 bits per heavy atom. The molecule has 5 heteroatoms. The van der Waals surface area contributed by atoms with Crippen molar-refractivity contribution < 1.29 is 13.6 Å². The van der Waals surface area contributed by atoms with Crippen molar-refractivity contribution in [3.63, 3.8) is 0 Å². The second-order valence-corrected chi connectivity index (χ2v) is 4.17. The smallest absolute Gasteiger partial charge is 0.257 e. The molecule has 0 atom stereocenters. The Morgan fingerprint density at radius 2 is 1.68 bits per heavy atom. The summed E-state index contributed by atoms with van der Waals surface area (Å²) in [5, 5.41) is 2.56. The molecule has 3 N–H and O–H groups in total. The van der Waals surface area contributed by atoms with E-state index in [4.69, 9.17) is 5.73 Å². The molecular formula is C14H12F2N2O. The third-order valence-electron chi connectivity index (χ3n) is 2.65. The first-order valence-corrected chi connectivity index (χ1v) is 5.60. The van der Waals surface area contributed by atoms with Crippen LogP contribution in [0.4, 0.5) is 20.2 Å². The van der Waals surface area contributed by atoms with Crippen LogP contribution in [-0.2, 0) is 0 Å². The number of aryl methyl sites for hydroxylation is 1. The Morgan fingerprint density at radius 1 is 1.11 bits per heavy atom. The number of hydrogen-bond acceptors (Lipinski definition) is 2. The maximum atomic E-state index is 13.1. The van der Waals surface area contributed by atoms with Gasteiger partial charge in [-0.05, 0) is 25.1 Å². The van der Waals surface area contributed by atoms with Crippen LogP contribution in [0.2, 0.25) is 0 Å². The predicted octanol–water partition coefficient (Wildman–Crippen LogP) is 3.11. The van der Waals surface area contributed by atoms with E-state index in [-0.39, 0.29) is 11.3 Å². The number of anilines is 2. The third-order valence-corrected chi connectivity index (χ3v) is 2.65. The Labute approximate surface area is 109 Å². The zero-order chi connectivity index (χ0) is 14.0. The number of amides is 1. The summed E-state index contributed by atoms with van der Waals surface area (Å²) in [6.07, 6.45) is 0. The molecule has 0 heterocycles. The molecule has 2 aromatic carbocycles. The van der Waals surface area contributed by atoms with E-state index in [1.54, 1.807) is 12.1 Å². The quantitative estimate of drug-likeness (QED) is 0.817. The van der Waals surface area contributed by atoms with Crippen molar-refractivity contribution in [1.82, 2.24) is 0 Å². The van der Waals surface area contributed by atoms with Gasteiger partial charge < -0.3 is 11.1 Å². The van der Waals surface area contributed by atoms with E-state index in [0.717, 1.165) is 17.7 Å². The number of rotatable bonds is 2. The highest BCUT2D eigenvalue weighted by molar-refractivity contribution is 6.07. The average Bonchev–Trinajstić information content (AvgIpc) is 2.36. The Balaban J connectivity index is 2.25. The minimum atomic E-state index is -1.11. The lowest BCUT2D eigenvalue weighted by Gasteiger charge is -2.08. The van der Waals surface area contributed by atoms with Crippen LogP contribution in [0.5, 0.6) is 0 Å². The second kappa shape index (κ2) is 5.06. The molecular weight excluding hydrogens is 250 g/mol. The van der Waals surface area contributed by atoms with E-state index in [1.807, 2.05) is 19.1 Å². The van der Waals surface area contributed by atoms with Crippen molar-refractivity contribution in [1.29, 1.82) is 0 Å². The van der Waals surface area contributed by atoms with E-state index in [0.29, 0.717) is 5.69 Å². The van der Waals surface area contributed by atoms with Crippen LogP contribution in [0.15, 0.2) is 36.4 Å². The molecule has 0 fully saturated rings. The van der Waals surface area contributed by atoms with Gasteiger partial charge in [-0.1, -0.05) is 17.7 Å². The summed E-state index contributed by atoms with van der Waals surface area (Å²) in [6.45, 7) is 1.92. The monoisotopic (exact) mass is 262 g/mol. The van der Waals surface area contributed by atoms with Gasteiger partial charge in [-0.3, -0.25) is 4.79 Å². The first-order valence-electron chi connectivity index (χ1n) is 5.60. The van der Waals surface area contributed by atoms with E-state index >= 15 is 0 Å². The SMILES string of the molecule is Cc1ccc(NC(=O)c2cc(F)c(F)cc2N)cc1. The van der Waals surface area contributed by atoms with Crippen molar-refractivity contribution in [2.24, 2.45) is 0 Å². The molecule has 0 radical (unpaired) electrons. The lowest BCUT2D eigenvalue weighted by Crippen LogP contribution is -2.14. The van der Waals surface area contributed by atoms with Gasteiger partial charge in [0, 0.05) is 17.4 Å². The molecule has 1 amide bonds. The maximum absolute atomic E-state index is 13.1. The number of carbonyl (C=O) groups is 1. The third kappa shape index (κ3) is 2.88. The topological polar surface area (TPSA) is 55.1 Å². The van der Waals surface area contributed by atoms with Crippen molar-refractivity contribution in [3.05, 3.63) is 59.2 Å². The van der Waals surface area contributed by atoms with Crippen molar-refractivity contribution in [2.75, 3.05) is 11.1 Å². The van der Waals surface area contributed by atoms with Gasteiger partial charge in [-0.15, -0.1) is 0 Å².